The van der Waals surface area contributed by atoms with Crippen LogP contribution in [0.15, 0.2) is 48.5 Å². The van der Waals surface area contributed by atoms with Crippen LogP contribution in [0.25, 0.3) is 11.1 Å². The van der Waals surface area contributed by atoms with Crippen molar-refractivity contribution in [2.45, 2.75) is 30.7 Å². The molecule has 5 aromatic carbocycles. The molecular formula is C57H62O34. The predicted molar refractivity (Wildman–Crippen MR) is 295 cm³/mol. The van der Waals surface area contributed by atoms with Gasteiger partial charge in [0.05, 0.1) is 27.8 Å². The van der Waals surface area contributed by atoms with Gasteiger partial charge in [0, 0.05) is 68.0 Å². The van der Waals surface area contributed by atoms with Gasteiger partial charge in [0.2, 0.25) is 35.4 Å². The number of phenols is 7. The lowest BCUT2D eigenvalue weighted by molar-refractivity contribution is -0.282. The normalized spacial score (nSPS) is 16.9. The second-order valence-electron chi connectivity index (χ2n) is 18.5. The van der Waals surface area contributed by atoms with Crippen molar-refractivity contribution in [1.29, 1.82) is 0 Å². The van der Waals surface area contributed by atoms with Crippen LogP contribution in [0.4, 0.5) is 0 Å². The first-order chi connectivity index (χ1) is 43.8. The molecule has 5 atom stereocenters. The summed E-state index contributed by atoms with van der Waals surface area (Å²) >= 11 is 0. The minimum atomic E-state index is -2.50. The molecule has 5 aromatic rings. The molecule has 2 heterocycles. The predicted octanol–water partition coefficient (Wildman–Crippen LogP) is 3.88. The monoisotopic (exact) mass is 1290 g/mol. The number of esters is 5. The maximum Gasteiger partial charge on any atom is 0.340 e. The molecule has 0 radical (unpaired) electrons. The van der Waals surface area contributed by atoms with Gasteiger partial charge in [0.1, 0.15) is 12.7 Å². The summed E-state index contributed by atoms with van der Waals surface area (Å²) in [4.78, 5) is 74.8. The highest BCUT2D eigenvalue weighted by atomic mass is 16.8. The van der Waals surface area contributed by atoms with E-state index in [1.54, 1.807) is 0 Å². The number of phenolic OH excluding ortho intramolecular Hbond substituents is 7. The summed E-state index contributed by atoms with van der Waals surface area (Å²) in [6, 6.07) is 6.85. The van der Waals surface area contributed by atoms with Crippen molar-refractivity contribution in [3.63, 3.8) is 0 Å². The van der Waals surface area contributed by atoms with Crippen molar-refractivity contribution in [2.75, 3.05) is 118 Å². The van der Waals surface area contributed by atoms with Crippen LogP contribution >= 0.6 is 0 Å². The van der Waals surface area contributed by atoms with Crippen LogP contribution in [0.1, 0.15) is 51.8 Å². The minimum absolute atomic E-state index is 0.172. The number of rotatable bonds is 30. The third kappa shape index (κ3) is 15.9. The Labute approximate surface area is 514 Å². The van der Waals surface area contributed by atoms with E-state index in [0.29, 0.717) is 24.3 Å². The van der Waals surface area contributed by atoms with E-state index in [9.17, 15) is 45.3 Å². The molecule has 0 bridgehead atoms. The quantitative estimate of drug-likeness (QED) is 0.0148. The van der Waals surface area contributed by atoms with E-state index in [0.717, 1.165) is 24.3 Å². The highest BCUT2D eigenvalue weighted by molar-refractivity contribution is 6.08. The van der Waals surface area contributed by atoms with Crippen molar-refractivity contribution in [3.8, 4) is 97.4 Å². The Balaban J connectivity index is 1.52. The largest absolute Gasteiger partial charge is 0.504 e. The van der Waals surface area contributed by atoms with Crippen LogP contribution in [0.2, 0.25) is 0 Å². The van der Waals surface area contributed by atoms with E-state index >= 15 is 14.4 Å². The smallest absolute Gasteiger partial charge is 0.340 e. The fraction of sp³-hybridized carbons (Fsp3) is 0.386. The number of hydrogen-bond donors (Lipinski definition) is 7. The maximum atomic E-state index is 15.4. The van der Waals surface area contributed by atoms with Gasteiger partial charge in [-0.15, -0.1) is 0 Å². The molecule has 91 heavy (non-hydrogen) atoms. The molecule has 34 nitrogen and oxygen atoms in total. The Morgan fingerprint density at radius 2 is 0.747 bits per heavy atom. The van der Waals surface area contributed by atoms with E-state index < -0.39 is 212 Å². The maximum absolute atomic E-state index is 15.4. The fourth-order valence-electron chi connectivity index (χ4n) is 8.66. The topological polar surface area (TPSA) is 430 Å². The van der Waals surface area contributed by atoms with Gasteiger partial charge in [-0.1, -0.05) is 0 Å². The lowest BCUT2D eigenvalue weighted by Crippen LogP contribution is -2.63. The number of ether oxygens (including phenoxy) is 22. The standard InChI is InChI=1S/C57H62O34/c1-70-18-79-35-11-27(12-36(80-19-71-2)47(35)85-24-76-7)52(65)89-50-49-39(17-78-55(68)29-15-33(60)45(83-22-74-5)43(63)40(29)41-30(56(69)88-49)16-34(61)46(44(41)64)84-23-75-6)87-57(91-54(67)26-9-31(58)42(62)32(59)10-26)51(50)90-53(66)28-13-37(81-20-72-3)48(86-25-77-8)38(14-28)82-21-73-4/h9-16,39,49-51,57-64H,17-25H2,1-8H3/t39-,49-,50+,51-,57+/m1/s1. The molecule has 0 spiro atoms. The average Bonchev–Trinajstić information content (AvgIpc) is 1.64. The highest BCUT2D eigenvalue weighted by Crippen LogP contribution is 2.54. The summed E-state index contributed by atoms with van der Waals surface area (Å²) in [6.07, 6.45) is -11.9. The molecule has 0 saturated carbocycles. The Morgan fingerprint density at radius 1 is 0.407 bits per heavy atom. The molecule has 0 aliphatic carbocycles. The number of fused-ring (bicyclic) bond motifs is 4. The molecule has 0 amide bonds. The molecule has 494 valence electrons. The average molecular weight is 1290 g/mol. The molecule has 7 N–H and O–H groups in total. The Morgan fingerprint density at radius 3 is 1.14 bits per heavy atom. The Bertz CT molecular complexity index is 3320. The summed E-state index contributed by atoms with van der Waals surface area (Å²) in [7, 11) is 10.1. The van der Waals surface area contributed by atoms with E-state index in [2.05, 4.69) is 0 Å². The van der Waals surface area contributed by atoms with E-state index in [1.165, 1.54) is 56.9 Å². The van der Waals surface area contributed by atoms with Crippen LogP contribution in [0.3, 0.4) is 0 Å². The summed E-state index contributed by atoms with van der Waals surface area (Å²) in [6.45, 7) is -5.22. The van der Waals surface area contributed by atoms with Gasteiger partial charge in [0.25, 0.3) is 0 Å². The number of methoxy groups -OCH3 is 8. The zero-order valence-electron chi connectivity index (χ0n) is 49.5. The number of carbonyl (C=O) groups excluding carboxylic acids is 5. The third-order valence-corrected chi connectivity index (χ3v) is 12.5. The first-order valence-electron chi connectivity index (χ1n) is 26.2. The van der Waals surface area contributed by atoms with Crippen molar-refractivity contribution in [1.82, 2.24) is 0 Å². The molecule has 1 saturated heterocycles. The Kier molecular flexibility index (Phi) is 24.1. The number of aromatic hydroxyl groups is 7. The molecule has 7 rings (SSSR count). The summed E-state index contributed by atoms with van der Waals surface area (Å²) in [5.74, 6) is -18.2. The van der Waals surface area contributed by atoms with E-state index in [4.69, 9.17) is 104 Å². The minimum Gasteiger partial charge on any atom is -0.504 e. The third-order valence-electron chi connectivity index (χ3n) is 12.5. The lowest BCUT2D eigenvalue weighted by Gasteiger charge is -2.43. The van der Waals surface area contributed by atoms with Gasteiger partial charge in [-0.05, 0) is 48.5 Å². The van der Waals surface area contributed by atoms with Crippen LogP contribution in [-0.2, 0) is 66.3 Å². The summed E-state index contributed by atoms with van der Waals surface area (Å²) in [5.41, 5.74) is -5.27. The fourth-order valence-corrected chi connectivity index (χ4v) is 8.66. The second-order valence-corrected chi connectivity index (χ2v) is 18.5. The van der Waals surface area contributed by atoms with Gasteiger partial charge >= 0.3 is 29.8 Å². The summed E-state index contributed by atoms with van der Waals surface area (Å²) < 4.78 is 122. The first-order valence-corrected chi connectivity index (χ1v) is 26.2. The van der Waals surface area contributed by atoms with Gasteiger partial charge < -0.3 is 140 Å². The molecule has 2 aliphatic heterocycles. The highest BCUT2D eigenvalue weighted by Gasteiger charge is 2.55. The molecule has 34 heteroatoms. The molecule has 0 unspecified atom stereocenters. The van der Waals surface area contributed by atoms with Crippen molar-refractivity contribution >= 4 is 29.8 Å². The first kappa shape index (κ1) is 68.6. The summed E-state index contributed by atoms with van der Waals surface area (Å²) in [5, 5.41) is 77.9. The number of cyclic esters (lactones) is 1. The van der Waals surface area contributed by atoms with Crippen molar-refractivity contribution in [2.24, 2.45) is 0 Å². The lowest BCUT2D eigenvalue weighted by atomic mass is 9.91. The van der Waals surface area contributed by atoms with E-state index in [1.807, 2.05) is 0 Å². The Hall–Kier alpha value is -9.91. The van der Waals surface area contributed by atoms with Crippen molar-refractivity contribution < 1.29 is 164 Å². The zero-order chi connectivity index (χ0) is 66.1. The van der Waals surface area contributed by atoms with Gasteiger partial charge in [-0.25, -0.2) is 24.0 Å². The molecule has 1 fully saturated rings. The van der Waals surface area contributed by atoms with Crippen LogP contribution in [-0.4, -0.2) is 214 Å². The van der Waals surface area contributed by atoms with Crippen LogP contribution in [0.5, 0.6) is 86.2 Å². The number of hydrogen-bond acceptors (Lipinski definition) is 34. The zero-order valence-corrected chi connectivity index (χ0v) is 49.5. The van der Waals surface area contributed by atoms with Gasteiger partial charge in [-0.3, -0.25) is 0 Å². The molecular weight excluding hydrogens is 1230 g/mol. The molecule has 2 aliphatic rings. The van der Waals surface area contributed by atoms with Gasteiger partial charge in [-0.2, -0.15) is 0 Å². The number of carbonyl (C=O) groups is 5. The second kappa shape index (κ2) is 32.0. The number of benzene rings is 5. The van der Waals surface area contributed by atoms with Crippen LogP contribution < -0.4 is 37.9 Å². The van der Waals surface area contributed by atoms with E-state index in [-0.39, 0.29) is 34.5 Å². The van der Waals surface area contributed by atoms with Crippen molar-refractivity contribution in [3.05, 3.63) is 76.3 Å². The molecule has 0 aromatic heterocycles. The van der Waals surface area contributed by atoms with Crippen LogP contribution in [0, 0.1) is 0 Å². The SMILES string of the molecule is COCOc1cc(C(=O)O[C@@H]2[C@@H](OC(=O)c3cc(OCOC)c(OCOC)c(OCOC)c3)[C@H](OC(=O)c3cc(O)c(O)c(O)c3)O[C@@H]3COC(=O)c4cc(O)c(OCOC)c(O)c4-c4c(cc(O)c(OCOC)c4O)C(=O)O[C@@H]23)cc(OCOC)c1OCOC. The van der Waals surface area contributed by atoms with Gasteiger partial charge in [0.15, 0.2) is 130 Å².